The zero-order valence-corrected chi connectivity index (χ0v) is 15.9. The van der Waals surface area contributed by atoms with Gasteiger partial charge < -0.3 is 21.3 Å². The summed E-state index contributed by atoms with van der Waals surface area (Å²) >= 11 is 0. The topological polar surface area (TPSA) is 87.5 Å². The predicted octanol–water partition coefficient (Wildman–Crippen LogP) is 1.81. The van der Waals surface area contributed by atoms with Gasteiger partial charge in [-0.25, -0.2) is 4.79 Å². The molecule has 0 radical (unpaired) electrons. The van der Waals surface area contributed by atoms with Gasteiger partial charge in [0.25, 0.3) is 0 Å². The van der Waals surface area contributed by atoms with Crippen LogP contribution in [0.1, 0.15) is 36.8 Å². The summed E-state index contributed by atoms with van der Waals surface area (Å²) in [5, 5.41) is 5.79. The lowest BCUT2D eigenvalue weighted by molar-refractivity contribution is -0.121. The Morgan fingerprint density at radius 3 is 2.65 bits per heavy atom. The number of fused-ring (bicyclic) bond motifs is 1. The first-order chi connectivity index (χ1) is 12.2. The van der Waals surface area contributed by atoms with E-state index in [0.717, 1.165) is 25.7 Å². The van der Waals surface area contributed by atoms with E-state index in [1.54, 1.807) is 4.90 Å². The summed E-state index contributed by atoms with van der Waals surface area (Å²) in [4.78, 5) is 26.3. The first kappa shape index (κ1) is 20.5. The van der Waals surface area contributed by atoms with Crippen molar-refractivity contribution in [3.05, 3.63) is 35.4 Å². The number of nitrogens with one attached hydrogen (secondary N) is 2. The standard InChI is InChI=1S/C19H28N4O2.ClH/c20-11-15-6-3-4-8-17(15)22-18(24)12-21-19(25)23-10-9-14-5-1-2-7-16(14)13-23;/h1-2,5,7,15,17H,3-4,6,8-13,20H2,(H,21,25)(H,22,24);1H. The molecule has 2 atom stereocenters. The largest absolute Gasteiger partial charge is 0.352 e. The maximum atomic E-state index is 12.3. The third-order valence-electron chi connectivity index (χ3n) is 5.38. The molecule has 3 rings (SSSR count). The predicted molar refractivity (Wildman–Crippen MR) is 104 cm³/mol. The molecule has 3 amide bonds. The minimum atomic E-state index is -0.177. The van der Waals surface area contributed by atoms with Gasteiger partial charge in [0.1, 0.15) is 0 Å². The zero-order chi connectivity index (χ0) is 17.6. The van der Waals surface area contributed by atoms with Crippen molar-refractivity contribution in [2.45, 2.75) is 44.7 Å². The summed E-state index contributed by atoms with van der Waals surface area (Å²) in [6.45, 7) is 1.90. The molecule has 1 aliphatic carbocycles. The first-order valence-corrected chi connectivity index (χ1v) is 9.26. The van der Waals surface area contributed by atoms with Gasteiger partial charge in [-0.1, -0.05) is 37.1 Å². The van der Waals surface area contributed by atoms with Gasteiger partial charge >= 0.3 is 6.03 Å². The molecule has 144 valence electrons. The number of benzene rings is 1. The second kappa shape index (κ2) is 9.78. The van der Waals surface area contributed by atoms with Crippen molar-refractivity contribution in [1.82, 2.24) is 15.5 Å². The molecule has 2 unspecified atom stereocenters. The van der Waals surface area contributed by atoms with Crippen molar-refractivity contribution < 1.29 is 9.59 Å². The minimum absolute atomic E-state index is 0. The van der Waals surface area contributed by atoms with Crippen LogP contribution in [0.5, 0.6) is 0 Å². The molecule has 1 saturated carbocycles. The van der Waals surface area contributed by atoms with Gasteiger partial charge in [-0.2, -0.15) is 0 Å². The van der Waals surface area contributed by atoms with Crippen molar-refractivity contribution in [2.24, 2.45) is 11.7 Å². The first-order valence-electron chi connectivity index (χ1n) is 9.26. The lowest BCUT2D eigenvalue weighted by atomic mass is 9.84. The smallest absolute Gasteiger partial charge is 0.318 e. The molecule has 0 bridgehead atoms. The van der Waals surface area contributed by atoms with Crippen LogP contribution in [0, 0.1) is 5.92 Å². The number of nitrogens with two attached hydrogens (primary N) is 1. The molecule has 1 heterocycles. The molecule has 6 nitrogen and oxygen atoms in total. The average Bonchev–Trinajstić information content (AvgIpc) is 2.66. The van der Waals surface area contributed by atoms with Gasteiger partial charge in [0.05, 0.1) is 6.54 Å². The highest BCUT2D eigenvalue weighted by atomic mass is 35.5. The number of hydrogen-bond acceptors (Lipinski definition) is 3. The third-order valence-corrected chi connectivity index (χ3v) is 5.38. The van der Waals surface area contributed by atoms with Gasteiger partial charge in [0.15, 0.2) is 0 Å². The Balaban J connectivity index is 0.00000243. The quantitative estimate of drug-likeness (QED) is 0.744. The highest BCUT2D eigenvalue weighted by molar-refractivity contribution is 5.85. The van der Waals surface area contributed by atoms with Crippen LogP contribution in [0.15, 0.2) is 24.3 Å². The number of nitrogens with zero attached hydrogens (tertiary/aromatic N) is 1. The van der Waals surface area contributed by atoms with Crippen LogP contribution >= 0.6 is 12.4 Å². The molecule has 1 aromatic carbocycles. The number of carbonyl (C=O) groups excluding carboxylic acids is 2. The number of rotatable bonds is 4. The van der Waals surface area contributed by atoms with Crippen LogP contribution in [-0.2, 0) is 17.8 Å². The van der Waals surface area contributed by atoms with E-state index in [-0.39, 0.29) is 36.9 Å². The van der Waals surface area contributed by atoms with E-state index in [1.165, 1.54) is 17.5 Å². The highest BCUT2D eigenvalue weighted by Crippen LogP contribution is 2.23. The molecule has 1 fully saturated rings. The van der Waals surface area contributed by atoms with Crippen molar-refractivity contribution in [3.8, 4) is 0 Å². The molecule has 1 aliphatic heterocycles. The molecule has 0 spiro atoms. The van der Waals surface area contributed by atoms with E-state index in [2.05, 4.69) is 22.8 Å². The lowest BCUT2D eigenvalue weighted by Gasteiger charge is -2.31. The lowest BCUT2D eigenvalue weighted by Crippen LogP contribution is -2.50. The van der Waals surface area contributed by atoms with Crippen LogP contribution < -0.4 is 16.4 Å². The van der Waals surface area contributed by atoms with Gasteiger partial charge in [-0.3, -0.25) is 4.79 Å². The van der Waals surface area contributed by atoms with Crippen LogP contribution in [-0.4, -0.2) is 42.5 Å². The Morgan fingerprint density at radius 2 is 1.88 bits per heavy atom. The average molecular weight is 381 g/mol. The van der Waals surface area contributed by atoms with Crippen LogP contribution in [0.2, 0.25) is 0 Å². The van der Waals surface area contributed by atoms with E-state index in [0.29, 0.717) is 25.6 Å². The summed E-state index contributed by atoms with van der Waals surface area (Å²) in [5.74, 6) is 0.225. The van der Waals surface area contributed by atoms with Crippen molar-refractivity contribution in [3.63, 3.8) is 0 Å². The van der Waals surface area contributed by atoms with Crippen molar-refractivity contribution in [2.75, 3.05) is 19.6 Å². The Labute approximate surface area is 161 Å². The molecule has 26 heavy (non-hydrogen) atoms. The second-order valence-electron chi connectivity index (χ2n) is 7.05. The molecular weight excluding hydrogens is 352 g/mol. The normalized spacial score (nSPS) is 22.0. The van der Waals surface area contributed by atoms with Gasteiger partial charge in [-0.15, -0.1) is 12.4 Å². The maximum Gasteiger partial charge on any atom is 0.318 e. The van der Waals surface area contributed by atoms with E-state index in [9.17, 15) is 9.59 Å². The summed E-state index contributed by atoms with van der Waals surface area (Å²) in [6, 6.07) is 8.15. The fraction of sp³-hybridized carbons (Fsp3) is 0.579. The SMILES string of the molecule is Cl.NCC1CCCCC1NC(=O)CNC(=O)N1CCc2ccccc2C1. The van der Waals surface area contributed by atoms with E-state index < -0.39 is 0 Å². The minimum Gasteiger partial charge on any atom is -0.352 e. The summed E-state index contributed by atoms with van der Waals surface area (Å²) in [7, 11) is 0. The third kappa shape index (κ3) is 5.11. The Morgan fingerprint density at radius 1 is 1.15 bits per heavy atom. The number of hydrogen-bond donors (Lipinski definition) is 3. The number of amides is 3. The molecule has 4 N–H and O–H groups in total. The molecule has 1 aromatic rings. The van der Waals surface area contributed by atoms with Crippen LogP contribution in [0.4, 0.5) is 4.79 Å². The van der Waals surface area contributed by atoms with Crippen LogP contribution in [0.3, 0.4) is 0 Å². The summed E-state index contributed by atoms with van der Waals surface area (Å²) in [6.07, 6.45) is 5.21. The monoisotopic (exact) mass is 380 g/mol. The van der Waals surface area contributed by atoms with E-state index in [4.69, 9.17) is 5.73 Å². The number of halogens is 1. The molecule has 0 aromatic heterocycles. The zero-order valence-electron chi connectivity index (χ0n) is 15.1. The van der Waals surface area contributed by atoms with Crippen LogP contribution in [0.25, 0.3) is 0 Å². The Bertz CT molecular complexity index is 625. The Hall–Kier alpha value is -1.79. The van der Waals surface area contributed by atoms with E-state index >= 15 is 0 Å². The van der Waals surface area contributed by atoms with Gasteiger partial charge in [0.2, 0.25) is 5.91 Å². The van der Waals surface area contributed by atoms with Crippen molar-refractivity contribution in [1.29, 1.82) is 0 Å². The second-order valence-corrected chi connectivity index (χ2v) is 7.05. The summed E-state index contributed by atoms with van der Waals surface area (Å²) < 4.78 is 0. The van der Waals surface area contributed by atoms with E-state index in [1.807, 2.05) is 12.1 Å². The Kier molecular flexibility index (Phi) is 7.72. The molecule has 7 heteroatoms. The number of urea groups is 1. The van der Waals surface area contributed by atoms with Gasteiger partial charge in [0, 0.05) is 19.1 Å². The fourth-order valence-corrected chi connectivity index (χ4v) is 3.87. The molecule has 0 saturated heterocycles. The summed E-state index contributed by atoms with van der Waals surface area (Å²) in [5.41, 5.74) is 8.28. The number of carbonyl (C=O) groups is 2. The maximum absolute atomic E-state index is 12.3. The fourth-order valence-electron chi connectivity index (χ4n) is 3.87. The van der Waals surface area contributed by atoms with Gasteiger partial charge in [-0.05, 0) is 42.9 Å². The van der Waals surface area contributed by atoms with Crippen molar-refractivity contribution >= 4 is 24.3 Å². The highest BCUT2D eigenvalue weighted by Gasteiger charge is 2.26. The molecular formula is C19H29ClN4O2. The molecule has 2 aliphatic rings.